The van der Waals surface area contributed by atoms with Gasteiger partial charge >= 0.3 is 0 Å². The molecule has 18 heavy (non-hydrogen) atoms. The fraction of sp³-hybridized carbons (Fsp3) is 1.00. The van der Waals surface area contributed by atoms with Crippen molar-refractivity contribution >= 4 is 11.8 Å². The minimum Gasteiger partial charge on any atom is -0.310 e. The molecule has 0 radical (unpaired) electrons. The lowest BCUT2D eigenvalue weighted by molar-refractivity contribution is 0.154. The third-order valence-electron chi connectivity index (χ3n) is 4.51. The molecule has 2 aliphatic rings. The summed E-state index contributed by atoms with van der Waals surface area (Å²) in [5.41, 5.74) is 0.466. The predicted octanol–water partition coefficient (Wildman–Crippen LogP) is 2.98. The Bertz CT molecular complexity index is 239. The average molecular weight is 270 g/mol. The maximum atomic E-state index is 3.89. The van der Waals surface area contributed by atoms with Gasteiger partial charge in [0.25, 0.3) is 0 Å². The normalized spacial score (nSPS) is 27.0. The SMILES string of the molecule is CSCC(C)CN1CCCNC2(CCCCC2)C1. The zero-order valence-corrected chi connectivity index (χ0v) is 13.0. The Morgan fingerprint density at radius 2 is 2.00 bits per heavy atom. The van der Waals surface area contributed by atoms with Crippen molar-refractivity contribution in [3.63, 3.8) is 0 Å². The summed E-state index contributed by atoms with van der Waals surface area (Å²) in [6, 6.07) is 0. The molecule has 0 bridgehead atoms. The molecule has 0 aromatic heterocycles. The zero-order chi connectivity index (χ0) is 12.8. The molecule has 1 heterocycles. The Balaban J connectivity index is 1.90. The van der Waals surface area contributed by atoms with E-state index in [4.69, 9.17) is 0 Å². The lowest BCUT2D eigenvalue weighted by Crippen LogP contribution is -2.53. The molecule has 1 aliphatic carbocycles. The summed E-state index contributed by atoms with van der Waals surface area (Å²) in [4.78, 5) is 2.74. The Morgan fingerprint density at radius 1 is 1.22 bits per heavy atom. The van der Waals surface area contributed by atoms with E-state index in [0.29, 0.717) is 5.54 Å². The average Bonchev–Trinajstić information content (AvgIpc) is 2.53. The second-order valence-electron chi connectivity index (χ2n) is 6.42. The minimum atomic E-state index is 0.466. The van der Waals surface area contributed by atoms with Crippen molar-refractivity contribution in [3.8, 4) is 0 Å². The Hall–Kier alpha value is 0.270. The second-order valence-corrected chi connectivity index (χ2v) is 7.33. The van der Waals surface area contributed by atoms with Gasteiger partial charge in [0.05, 0.1) is 0 Å². The van der Waals surface area contributed by atoms with E-state index in [0.717, 1.165) is 5.92 Å². The molecule has 0 aromatic carbocycles. The molecule has 0 aromatic rings. The number of hydrogen-bond donors (Lipinski definition) is 1. The van der Waals surface area contributed by atoms with Crippen LogP contribution in [-0.2, 0) is 0 Å². The summed E-state index contributed by atoms with van der Waals surface area (Å²) in [5.74, 6) is 2.13. The molecule has 1 atom stereocenters. The third kappa shape index (κ3) is 4.14. The van der Waals surface area contributed by atoms with Gasteiger partial charge in [-0.1, -0.05) is 26.2 Å². The van der Waals surface area contributed by atoms with Crippen LogP contribution in [0.15, 0.2) is 0 Å². The molecule has 1 saturated heterocycles. The van der Waals surface area contributed by atoms with Crippen LogP contribution in [0.4, 0.5) is 0 Å². The van der Waals surface area contributed by atoms with Gasteiger partial charge in [0.2, 0.25) is 0 Å². The summed E-state index contributed by atoms with van der Waals surface area (Å²) in [7, 11) is 0. The number of thioether (sulfide) groups is 1. The Labute approximate surface area is 117 Å². The van der Waals surface area contributed by atoms with Crippen LogP contribution in [0.3, 0.4) is 0 Å². The van der Waals surface area contributed by atoms with Gasteiger partial charge in [0.15, 0.2) is 0 Å². The van der Waals surface area contributed by atoms with Gasteiger partial charge in [-0.05, 0) is 50.3 Å². The first-order valence-electron chi connectivity index (χ1n) is 7.70. The van der Waals surface area contributed by atoms with Crippen LogP contribution in [-0.4, -0.2) is 48.6 Å². The highest BCUT2D eigenvalue weighted by atomic mass is 32.2. The minimum absolute atomic E-state index is 0.466. The van der Waals surface area contributed by atoms with E-state index >= 15 is 0 Å². The van der Waals surface area contributed by atoms with Crippen LogP contribution in [0.2, 0.25) is 0 Å². The van der Waals surface area contributed by atoms with Crippen LogP contribution in [0.25, 0.3) is 0 Å². The number of rotatable bonds is 4. The lowest BCUT2D eigenvalue weighted by atomic mass is 9.81. The highest BCUT2D eigenvalue weighted by Gasteiger charge is 2.34. The van der Waals surface area contributed by atoms with Gasteiger partial charge in [0.1, 0.15) is 0 Å². The van der Waals surface area contributed by atoms with Crippen molar-refractivity contribution < 1.29 is 0 Å². The lowest BCUT2D eigenvalue weighted by Gasteiger charge is -2.40. The molecule has 1 unspecified atom stereocenters. The molecule has 3 heteroatoms. The molecular weight excluding hydrogens is 240 g/mol. The topological polar surface area (TPSA) is 15.3 Å². The summed E-state index contributed by atoms with van der Waals surface area (Å²) in [5, 5.41) is 3.89. The van der Waals surface area contributed by atoms with Crippen molar-refractivity contribution in [2.75, 3.05) is 38.2 Å². The van der Waals surface area contributed by atoms with Crippen LogP contribution < -0.4 is 5.32 Å². The van der Waals surface area contributed by atoms with Gasteiger partial charge < -0.3 is 10.2 Å². The molecule has 2 nitrogen and oxygen atoms in total. The number of nitrogens with zero attached hydrogens (tertiary/aromatic N) is 1. The monoisotopic (exact) mass is 270 g/mol. The third-order valence-corrected chi connectivity index (χ3v) is 5.41. The van der Waals surface area contributed by atoms with Gasteiger partial charge in [-0.25, -0.2) is 0 Å². The van der Waals surface area contributed by atoms with Crippen LogP contribution >= 0.6 is 11.8 Å². The molecule has 2 rings (SSSR count). The van der Waals surface area contributed by atoms with E-state index in [2.05, 4.69) is 23.4 Å². The van der Waals surface area contributed by atoms with E-state index in [-0.39, 0.29) is 0 Å². The van der Waals surface area contributed by atoms with E-state index < -0.39 is 0 Å². The molecule has 0 amide bonds. The summed E-state index contributed by atoms with van der Waals surface area (Å²) < 4.78 is 0. The first-order chi connectivity index (χ1) is 8.74. The van der Waals surface area contributed by atoms with Crippen LogP contribution in [0.5, 0.6) is 0 Å². The standard InChI is InChI=1S/C15H30N2S/c1-14(12-18-2)11-17-10-6-9-16-15(13-17)7-4-3-5-8-15/h14,16H,3-13H2,1-2H3. The number of nitrogens with one attached hydrogen (secondary N) is 1. The maximum absolute atomic E-state index is 3.89. The van der Waals surface area contributed by atoms with Crippen molar-refractivity contribution in [1.29, 1.82) is 0 Å². The molecule has 1 saturated carbocycles. The van der Waals surface area contributed by atoms with Crippen LogP contribution in [0, 0.1) is 5.92 Å². The maximum Gasteiger partial charge on any atom is 0.0308 e. The zero-order valence-electron chi connectivity index (χ0n) is 12.2. The Morgan fingerprint density at radius 3 is 2.72 bits per heavy atom. The fourth-order valence-electron chi connectivity index (χ4n) is 3.72. The first kappa shape index (κ1) is 14.7. The molecule has 2 fully saturated rings. The fourth-order valence-corrected chi connectivity index (χ4v) is 4.39. The van der Waals surface area contributed by atoms with Crippen molar-refractivity contribution in [2.45, 2.75) is 51.0 Å². The van der Waals surface area contributed by atoms with E-state index in [1.165, 1.54) is 70.5 Å². The quantitative estimate of drug-likeness (QED) is 0.845. The van der Waals surface area contributed by atoms with Crippen molar-refractivity contribution in [1.82, 2.24) is 10.2 Å². The molecular formula is C15H30N2S. The summed E-state index contributed by atoms with van der Waals surface area (Å²) >= 11 is 1.99. The van der Waals surface area contributed by atoms with Gasteiger partial charge in [-0.3, -0.25) is 0 Å². The largest absolute Gasteiger partial charge is 0.310 e. The highest BCUT2D eigenvalue weighted by Crippen LogP contribution is 2.30. The molecule has 1 N–H and O–H groups in total. The van der Waals surface area contributed by atoms with Gasteiger partial charge in [-0.2, -0.15) is 11.8 Å². The number of hydrogen-bond acceptors (Lipinski definition) is 3. The van der Waals surface area contributed by atoms with E-state index in [9.17, 15) is 0 Å². The second kappa shape index (κ2) is 7.16. The first-order valence-corrected chi connectivity index (χ1v) is 9.10. The van der Waals surface area contributed by atoms with Gasteiger partial charge in [-0.15, -0.1) is 0 Å². The summed E-state index contributed by atoms with van der Waals surface area (Å²) in [6.07, 6.45) is 10.7. The molecule has 1 spiro atoms. The van der Waals surface area contributed by atoms with Gasteiger partial charge in [0, 0.05) is 18.6 Å². The van der Waals surface area contributed by atoms with Crippen molar-refractivity contribution in [2.24, 2.45) is 5.92 Å². The molecule has 1 aliphatic heterocycles. The highest BCUT2D eigenvalue weighted by molar-refractivity contribution is 7.98. The van der Waals surface area contributed by atoms with E-state index in [1.807, 2.05) is 11.8 Å². The Kier molecular flexibility index (Phi) is 5.84. The predicted molar refractivity (Wildman–Crippen MR) is 82.4 cm³/mol. The smallest absolute Gasteiger partial charge is 0.0308 e. The van der Waals surface area contributed by atoms with Crippen molar-refractivity contribution in [3.05, 3.63) is 0 Å². The molecule has 106 valence electrons. The van der Waals surface area contributed by atoms with Crippen LogP contribution in [0.1, 0.15) is 45.4 Å². The van der Waals surface area contributed by atoms with E-state index in [1.54, 1.807) is 0 Å². The summed E-state index contributed by atoms with van der Waals surface area (Å²) in [6.45, 7) is 7.53.